The molecule has 3 aromatic carbocycles. The molecule has 0 radical (unpaired) electrons. The molecule has 2 atom stereocenters. The van der Waals surface area contributed by atoms with Gasteiger partial charge >= 0.3 is 5.97 Å². The topological polar surface area (TPSA) is 79.6 Å². The third-order valence-corrected chi connectivity index (χ3v) is 6.11. The molecule has 1 heterocycles. The number of nitriles is 1. The van der Waals surface area contributed by atoms with Crippen LogP contribution >= 0.6 is 0 Å². The fourth-order valence-electron chi connectivity index (χ4n) is 4.24. The highest BCUT2D eigenvalue weighted by Crippen LogP contribution is 2.30. The van der Waals surface area contributed by atoms with E-state index in [1.165, 1.54) is 7.11 Å². The van der Waals surface area contributed by atoms with Crippen LogP contribution in [0.3, 0.4) is 0 Å². The van der Waals surface area contributed by atoms with Crippen molar-refractivity contribution in [1.82, 2.24) is 4.90 Å². The Kier molecular flexibility index (Phi) is 7.24. The number of esters is 1. The number of hydrogen-bond donors (Lipinski definition) is 0. The molecule has 0 bridgehead atoms. The number of hydrogen-bond acceptors (Lipinski definition) is 5. The van der Waals surface area contributed by atoms with Crippen LogP contribution in [0.15, 0.2) is 78.9 Å². The van der Waals surface area contributed by atoms with Crippen LogP contribution in [0.4, 0.5) is 0 Å². The zero-order chi connectivity index (χ0) is 23.9. The predicted molar refractivity (Wildman–Crippen MR) is 128 cm³/mol. The van der Waals surface area contributed by atoms with Crippen LogP contribution in [0, 0.1) is 17.2 Å². The molecule has 1 aliphatic heterocycles. The van der Waals surface area contributed by atoms with Crippen LogP contribution in [0.1, 0.15) is 24.0 Å². The van der Waals surface area contributed by atoms with Crippen molar-refractivity contribution in [3.63, 3.8) is 0 Å². The number of rotatable bonds is 8. The molecule has 0 N–H and O–H groups in total. The average molecular weight is 455 g/mol. The van der Waals surface area contributed by atoms with E-state index < -0.39 is 5.92 Å². The van der Waals surface area contributed by atoms with Crippen LogP contribution in [0.2, 0.25) is 0 Å². The SMILES string of the molecule is COC(=O)C[C@@H]1C[C@@H](COc2ccc(-c3ccc(C#N)cc3)cc2)N(Cc2ccccc2)C1=O. The lowest BCUT2D eigenvalue weighted by atomic mass is 10.0. The molecule has 3 aromatic rings. The summed E-state index contributed by atoms with van der Waals surface area (Å²) in [7, 11) is 1.34. The van der Waals surface area contributed by atoms with Crippen molar-refractivity contribution in [2.24, 2.45) is 5.92 Å². The van der Waals surface area contributed by atoms with Crippen molar-refractivity contribution in [1.29, 1.82) is 5.26 Å². The van der Waals surface area contributed by atoms with E-state index in [0.717, 1.165) is 16.7 Å². The van der Waals surface area contributed by atoms with Gasteiger partial charge < -0.3 is 14.4 Å². The minimum atomic E-state index is -0.400. The molecule has 1 aliphatic rings. The molecule has 1 saturated heterocycles. The molecule has 6 heteroatoms. The minimum absolute atomic E-state index is 0.0426. The average Bonchev–Trinajstić information content (AvgIpc) is 3.17. The largest absolute Gasteiger partial charge is 0.491 e. The molecule has 0 unspecified atom stereocenters. The summed E-state index contributed by atoms with van der Waals surface area (Å²) in [6.07, 6.45) is 0.625. The molecule has 1 fully saturated rings. The Morgan fingerprint density at radius 1 is 1.00 bits per heavy atom. The lowest BCUT2D eigenvalue weighted by molar-refractivity contribution is -0.145. The quantitative estimate of drug-likeness (QED) is 0.466. The van der Waals surface area contributed by atoms with Crippen LogP contribution < -0.4 is 4.74 Å². The van der Waals surface area contributed by atoms with Gasteiger partial charge in [-0.1, -0.05) is 54.6 Å². The molecule has 34 heavy (non-hydrogen) atoms. The maximum Gasteiger partial charge on any atom is 0.306 e. The third-order valence-electron chi connectivity index (χ3n) is 6.11. The van der Waals surface area contributed by atoms with E-state index >= 15 is 0 Å². The molecule has 0 aromatic heterocycles. The second-order valence-corrected chi connectivity index (χ2v) is 8.34. The predicted octanol–water partition coefficient (Wildman–Crippen LogP) is 4.58. The lowest BCUT2D eigenvalue weighted by Gasteiger charge is -2.25. The third kappa shape index (κ3) is 5.44. The van der Waals surface area contributed by atoms with Crippen molar-refractivity contribution < 1.29 is 19.1 Å². The van der Waals surface area contributed by atoms with Crippen molar-refractivity contribution in [2.75, 3.05) is 13.7 Å². The highest BCUT2D eigenvalue weighted by molar-refractivity contribution is 5.86. The monoisotopic (exact) mass is 454 g/mol. The summed E-state index contributed by atoms with van der Waals surface area (Å²) in [5.74, 6) is -0.110. The van der Waals surface area contributed by atoms with Gasteiger partial charge in [0.05, 0.1) is 37.1 Å². The zero-order valence-corrected chi connectivity index (χ0v) is 19.0. The summed E-state index contributed by atoms with van der Waals surface area (Å²) in [4.78, 5) is 26.7. The summed E-state index contributed by atoms with van der Waals surface area (Å²) in [5.41, 5.74) is 3.70. The summed E-state index contributed by atoms with van der Waals surface area (Å²) < 4.78 is 10.8. The lowest BCUT2D eigenvalue weighted by Crippen LogP contribution is -2.37. The Morgan fingerprint density at radius 3 is 2.26 bits per heavy atom. The van der Waals surface area contributed by atoms with E-state index in [9.17, 15) is 9.59 Å². The highest BCUT2D eigenvalue weighted by Gasteiger charge is 2.40. The van der Waals surface area contributed by atoms with Crippen LogP contribution in [-0.2, 0) is 20.9 Å². The number of ether oxygens (including phenoxy) is 2. The van der Waals surface area contributed by atoms with Crippen LogP contribution in [0.5, 0.6) is 5.75 Å². The smallest absolute Gasteiger partial charge is 0.306 e. The van der Waals surface area contributed by atoms with Gasteiger partial charge in [-0.3, -0.25) is 9.59 Å². The molecular weight excluding hydrogens is 428 g/mol. The number of carbonyl (C=O) groups excluding carboxylic acids is 2. The molecule has 6 nitrogen and oxygen atoms in total. The molecule has 0 spiro atoms. The summed E-state index contributed by atoms with van der Waals surface area (Å²) in [5, 5.41) is 8.96. The minimum Gasteiger partial charge on any atom is -0.491 e. The Balaban J connectivity index is 1.43. The second kappa shape index (κ2) is 10.7. The Morgan fingerprint density at radius 2 is 1.65 bits per heavy atom. The number of nitrogens with zero attached hydrogens (tertiary/aromatic N) is 2. The highest BCUT2D eigenvalue weighted by atomic mass is 16.5. The molecule has 1 amide bonds. The van der Waals surface area contributed by atoms with Gasteiger partial charge in [-0.05, 0) is 47.4 Å². The van der Waals surface area contributed by atoms with Crippen molar-refractivity contribution in [3.05, 3.63) is 90.0 Å². The van der Waals surface area contributed by atoms with E-state index in [0.29, 0.717) is 30.9 Å². The maximum absolute atomic E-state index is 13.1. The number of amides is 1. The number of methoxy groups -OCH3 is 1. The maximum atomic E-state index is 13.1. The molecule has 172 valence electrons. The van der Waals surface area contributed by atoms with Gasteiger partial charge in [-0.15, -0.1) is 0 Å². The Bertz CT molecular complexity index is 1170. The molecule has 0 aliphatic carbocycles. The van der Waals surface area contributed by atoms with Gasteiger partial charge in [0.25, 0.3) is 0 Å². The Hall–Kier alpha value is -4.11. The molecule has 4 rings (SSSR count). The first-order valence-corrected chi connectivity index (χ1v) is 11.2. The standard InChI is InChI=1S/C28H26N2O4/c1-33-27(31)16-24-15-25(30(28(24)32)18-21-5-3-2-4-6-21)19-34-26-13-11-23(12-14-26)22-9-7-20(17-29)8-10-22/h2-14,24-25H,15-16,18-19H2,1H3/t24-,25-/m0/s1. The summed E-state index contributed by atoms with van der Waals surface area (Å²) in [6.45, 7) is 0.815. The first-order chi connectivity index (χ1) is 16.6. The molecular formula is C28H26N2O4. The fourth-order valence-corrected chi connectivity index (χ4v) is 4.24. The van der Waals surface area contributed by atoms with E-state index in [1.807, 2.05) is 71.6 Å². The van der Waals surface area contributed by atoms with E-state index in [2.05, 4.69) is 6.07 Å². The van der Waals surface area contributed by atoms with Crippen LogP contribution in [0.25, 0.3) is 11.1 Å². The first-order valence-electron chi connectivity index (χ1n) is 11.2. The first kappa shape index (κ1) is 23.1. The van der Waals surface area contributed by atoms with Gasteiger partial charge in [0.1, 0.15) is 12.4 Å². The summed E-state index contributed by atoms with van der Waals surface area (Å²) in [6, 6.07) is 27.0. The van der Waals surface area contributed by atoms with Gasteiger partial charge in [-0.2, -0.15) is 5.26 Å². The van der Waals surface area contributed by atoms with E-state index in [4.69, 9.17) is 14.7 Å². The zero-order valence-electron chi connectivity index (χ0n) is 19.0. The van der Waals surface area contributed by atoms with Gasteiger partial charge in [-0.25, -0.2) is 0 Å². The van der Waals surface area contributed by atoms with Crippen molar-refractivity contribution in [2.45, 2.75) is 25.4 Å². The normalized spacial score (nSPS) is 17.3. The van der Waals surface area contributed by atoms with E-state index in [-0.39, 0.29) is 24.3 Å². The second-order valence-electron chi connectivity index (χ2n) is 8.34. The Labute approximate surface area is 199 Å². The molecule has 0 saturated carbocycles. The van der Waals surface area contributed by atoms with Crippen LogP contribution in [-0.4, -0.2) is 36.5 Å². The number of benzene rings is 3. The summed E-state index contributed by atoms with van der Waals surface area (Å²) >= 11 is 0. The van der Waals surface area contributed by atoms with Gasteiger partial charge in [0.2, 0.25) is 5.91 Å². The number of carbonyl (C=O) groups is 2. The van der Waals surface area contributed by atoms with Gasteiger partial charge in [0.15, 0.2) is 0 Å². The fraction of sp³-hybridized carbons (Fsp3) is 0.250. The van der Waals surface area contributed by atoms with Crippen molar-refractivity contribution >= 4 is 11.9 Å². The van der Waals surface area contributed by atoms with Crippen molar-refractivity contribution in [3.8, 4) is 22.9 Å². The van der Waals surface area contributed by atoms with Gasteiger partial charge in [0, 0.05) is 6.54 Å². The number of likely N-dealkylation sites (tertiary alicyclic amines) is 1. The van der Waals surface area contributed by atoms with E-state index in [1.54, 1.807) is 12.1 Å².